The lowest BCUT2D eigenvalue weighted by atomic mass is 9.86. The van der Waals surface area contributed by atoms with Crippen molar-refractivity contribution >= 4 is 28.2 Å². The molecule has 144 valence electrons. The molecule has 5 rings (SSSR count). The minimum Gasteiger partial charge on any atom is -0.399 e. The van der Waals surface area contributed by atoms with Gasteiger partial charge in [0.2, 0.25) is 11.4 Å². The Bertz CT molecular complexity index is 1270. The third-order valence-electron chi connectivity index (χ3n) is 5.67. The number of para-hydroxylation sites is 1. The zero-order chi connectivity index (χ0) is 20.5. The number of nitrogens with zero attached hydrogens (tertiary/aromatic N) is 1. The molecule has 0 bridgehead atoms. The lowest BCUT2D eigenvalue weighted by Gasteiger charge is -2.14. The van der Waals surface area contributed by atoms with E-state index in [4.69, 9.17) is 5.73 Å². The summed E-state index contributed by atoms with van der Waals surface area (Å²) in [5.74, 6) is 0. The third kappa shape index (κ3) is 3.03. The van der Waals surface area contributed by atoms with Gasteiger partial charge in [-0.1, -0.05) is 72.8 Å². The van der Waals surface area contributed by atoms with Crippen molar-refractivity contribution in [1.29, 1.82) is 0 Å². The molecule has 0 radical (unpaired) electrons. The van der Waals surface area contributed by atoms with Gasteiger partial charge in [0.15, 0.2) is 0 Å². The molecule has 1 heterocycles. The molecule has 0 amide bonds. The molecule has 2 nitrogen and oxygen atoms in total. The molecular weight excluding hydrogens is 364 g/mol. The van der Waals surface area contributed by atoms with Gasteiger partial charge in [-0.05, 0) is 41.5 Å². The van der Waals surface area contributed by atoms with Crippen LogP contribution in [0.25, 0.3) is 11.1 Å². The van der Waals surface area contributed by atoms with E-state index < -0.39 is 0 Å². The summed E-state index contributed by atoms with van der Waals surface area (Å²) in [7, 11) is 2.15. The van der Waals surface area contributed by atoms with Crippen molar-refractivity contribution in [2.24, 2.45) is 0 Å². The van der Waals surface area contributed by atoms with Crippen molar-refractivity contribution in [3.8, 4) is 0 Å². The molecule has 0 aromatic heterocycles. The van der Waals surface area contributed by atoms with Gasteiger partial charge in [-0.15, -0.1) is 0 Å². The number of nitrogens with two attached hydrogens (primary N) is 1. The highest BCUT2D eigenvalue weighted by Crippen LogP contribution is 2.42. The molecule has 0 fully saturated rings. The Morgan fingerprint density at radius 3 is 1.90 bits per heavy atom. The number of benzene rings is 4. The van der Waals surface area contributed by atoms with Crippen molar-refractivity contribution in [1.82, 2.24) is 0 Å². The number of nitrogen functional groups attached to an aromatic ring is 1. The van der Waals surface area contributed by atoms with Crippen molar-refractivity contribution in [3.63, 3.8) is 0 Å². The lowest BCUT2D eigenvalue weighted by molar-refractivity contribution is -0.400. The van der Waals surface area contributed by atoms with E-state index in [0.717, 1.165) is 11.3 Å². The van der Waals surface area contributed by atoms with E-state index in [-0.39, 0.29) is 0 Å². The minimum absolute atomic E-state index is 0.771. The van der Waals surface area contributed by atoms with E-state index in [1.165, 1.54) is 39.2 Å². The Labute approximate surface area is 177 Å². The van der Waals surface area contributed by atoms with Crippen LogP contribution in [-0.2, 0) is 0 Å². The zero-order valence-electron chi connectivity index (χ0n) is 16.9. The fourth-order valence-electron chi connectivity index (χ4n) is 4.29. The van der Waals surface area contributed by atoms with Crippen molar-refractivity contribution in [2.45, 2.75) is 0 Å². The maximum atomic E-state index is 6.01. The topological polar surface area (TPSA) is 29.0 Å². The van der Waals surface area contributed by atoms with Crippen LogP contribution in [0.1, 0.15) is 22.3 Å². The van der Waals surface area contributed by atoms with Gasteiger partial charge in [0.25, 0.3) is 0 Å². The van der Waals surface area contributed by atoms with Crippen LogP contribution in [0.5, 0.6) is 0 Å². The molecule has 2 N–H and O–H groups in total. The number of allylic oxidation sites excluding steroid dienone is 1. The lowest BCUT2D eigenvalue weighted by Crippen LogP contribution is -2.11. The number of fused-ring (bicyclic) bond motifs is 1. The molecule has 0 unspecified atom stereocenters. The van der Waals surface area contributed by atoms with Gasteiger partial charge in [0, 0.05) is 22.9 Å². The summed E-state index contributed by atoms with van der Waals surface area (Å²) >= 11 is 0. The summed E-state index contributed by atoms with van der Waals surface area (Å²) < 4.78 is 2.31. The number of hydrogen-bond acceptors (Lipinski definition) is 1. The van der Waals surface area contributed by atoms with Gasteiger partial charge in [-0.3, -0.25) is 0 Å². The molecule has 1 aliphatic heterocycles. The SMILES string of the molecule is C[N+]1=C(c2ccccc2)/C(=C(\c2ccccc2)c2ccc(N)cc2)c2ccccc21. The highest BCUT2D eigenvalue weighted by atomic mass is 15.0. The molecule has 2 heteroatoms. The van der Waals surface area contributed by atoms with E-state index >= 15 is 0 Å². The number of anilines is 1. The summed E-state index contributed by atoms with van der Waals surface area (Å²) in [6.45, 7) is 0. The predicted octanol–water partition coefficient (Wildman–Crippen LogP) is 6.00. The fourth-order valence-corrected chi connectivity index (χ4v) is 4.29. The Morgan fingerprint density at radius 2 is 1.20 bits per heavy atom. The maximum absolute atomic E-state index is 6.01. The second kappa shape index (κ2) is 7.49. The Hall–Kier alpha value is -3.91. The van der Waals surface area contributed by atoms with E-state index in [1.807, 2.05) is 12.1 Å². The first-order chi connectivity index (χ1) is 14.7. The quantitative estimate of drug-likeness (QED) is 0.339. The zero-order valence-corrected chi connectivity index (χ0v) is 16.9. The van der Waals surface area contributed by atoms with Gasteiger partial charge in [0.05, 0.1) is 11.1 Å². The number of rotatable bonds is 3. The van der Waals surface area contributed by atoms with Crippen LogP contribution < -0.4 is 5.73 Å². The smallest absolute Gasteiger partial charge is 0.221 e. The van der Waals surface area contributed by atoms with Crippen LogP contribution in [0.2, 0.25) is 0 Å². The minimum atomic E-state index is 0.771. The first kappa shape index (κ1) is 18.1. The number of hydrogen-bond donors (Lipinski definition) is 1. The average Bonchev–Trinajstić information content (AvgIpc) is 3.09. The van der Waals surface area contributed by atoms with Crippen molar-refractivity contribution in [2.75, 3.05) is 12.8 Å². The highest BCUT2D eigenvalue weighted by Gasteiger charge is 2.36. The summed E-state index contributed by atoms with van der Waals surface area (Å²) in [5, 5.41) is 0. The van der Waals surface area contributed by atoms with Crippen LogP contribution >= 0.6 is 0 Å². The molecule has 30 heavy (non-hydrogen) atoms. The van der Waals surface area contributed by atoms with Gasteiger partial charge >= 0.3 is 0 Å². The summed E-state index contributed by atoms with van der Waals surface area (Å²) in [6.07, 6.45) is 0. The Morgan fingerprint density at radius 1 is 0.633 bits per heavy atom. The summed E-state index contributed by atoms with van der Waals surface area (Å²) in [6, 6.07) is 38.1. The molecule has 0 spiro atoms. The molecular formula is C28H23N2+. The first-order valence-electron chi connectivity index (χ1n) is 10.2. The van der Waals surface area contributed by atoms with Crippen LogP contribution in [-0.4, -0.2) is 17.3 Å². The van der Waals surface area contributed by atoms with Crippen molar-refractivity contribution < 1.29 is 4.58 Å². The first-order valence-corrected chi connectivity index (χ1v) is 10.2. The van der Waals surface area contributed by atoms with Gasteiger partial charge < -0.3 is 5.73 Å². The standard InChI is InChI=1S/C28H22N2/c1-30-25-15-9-8-14-24(25)27(28(30)22-12-6-3-7-13-22)26(20-10-4-2-5-11-20)21-16-18-23(29)19-17-21/h2-19,29H,1H3/p+1. The molecule has 0 saturated carbocycles. The largest absolute Gasteiger partial charge is 0.399 e. The van der Waals surface area contributed by atoms with Crippen LogP contribution in [0.3, 0.4) is 0 Å². The van der Waals surface area contributed by atoms with Gasteiger partial charge in [-0.25, -0.2) is 0 Å². The fraction of sp³-hybridized carbons (Fsp3) is 0.0357. The van der Waals surface area contributed by atoms with Crippen LogP contribution in [0.4, 0.5) is 11.4 Å². The van der Waals surface area contributed by atoms with Crippen LogP contribution in [0.15, 0.2) is 109 Å². The second-order valence-electron chi connectivity index (χ2n) is 7.53. The highest BCUT2D eigenvalue weighted by molar-refractivity contribution is 6.38. The average molecular weight is 388 g/mol. The van der Waals surface area contributed by atoms with E-state index in [0.29, 0.717) is 0 Å². The molecule has 0 atom stereocenters. The maximum Gasteiger partial charge on any atom is 0.221 e. The van der Waals surface area contributed by atoms with E-state index in [1.54, 1.807) is 0 Å². The summed E-state index contributed by atoms with van der Waals surface area (Å²) in [5.41, 5.74) is 16.5. The molecule has 4 aromatic carbocycles. The predicted molar refractivity (Wildman–Crippen MR) is 126 cm³/mol. The summed E-state index contributed by atoms with van der Waals surface area (Å²) in [4.78, 5) is 0. The van der Waals surface area contributed by atoms with Crippen LogP contribution in [0, 0.1) is 0 Å². The van der Waals surface area contributed by atoms with Gasteiger partial charge in [0.1, 0.15) is 7.05 Å². The van der Waals surface area contributed by atoms with Gasteiger partial charge in [-0.2, -0.15) is 4.58 Å². The monoisotopic (exact) mass is 387 g/mol. The normalized spacial score (nSPS) is 14.6. The van der Waals surface area contributed by atoms with E-state index in [9.17, 15) is 0 Å². The molecule has 4 aromatic rings. The van der Waals surface area contributed by atoms with E-state index in [2.05, 4.69) is 109 Å². The molecule has 0 saturated heterocycles. The molecule has 0 aliphatic carbocycles. The Balaban J connectivity index is 1.90. The Kier molecular flexibility index (Phi) is 4.53. The van der Waals surface area contributed by atoms with Crippen molar-refractivity contribution in [3.05, 3.63) is 131 Å². The third-order valence-corrected chi connectivity index (χ3v) is 5.67. The molecule has 1 aliphatic rings. The second-order valence-corrected chi connectivity index (χ2v) is 7.53.